The molecule has 0 aliphatic heterocycles. The lowest BCUT2D eigenvalue weighted by molar-refractivity contribution is -0.384. The predicted molar refractivity (Wildman–Crippen MR) is 79.3 cm³/mol. The Kier molecular flexibility index (Phi) is 4.51. The molecule has 0 aliphatic rings. The fourth-order valence-electron chi connectivity index (χ4n) is 1.95. The van der Waals surface area contributed by atoms with Crippen LogP contribution in [0.1, 0.15) is 16.8 Å². The van der Waals surface area contributed by atoms with E-state index in [9.17, 15) is 10.1 Å². The van der Waals surface area contributed by atoms with E-state index in [1.165, 1.54) is 12.1 Å². The van der Waals surface area contributed by atoms with Crippen molar-refractivity contribution in [3.8, 4) is 0 Å². The number of nitro groups is 1. The van der Waals surface area contributed by atoms with Gasteiger partial charge in [0.05, 0.1) is 10.6 Å². The maximum atomic E-state index is 10.7. The topological polar surface area (TPSA) is 73.0 Å². The number of hydrogen-bond acceptors (Lipinski definition) is 4. The zero-order chi connectivity index (χ0) is 14.7. The summed E-state index contributed by atoms with van der Waals surface area (Å²) in [5.41, 5.74) is 3.22. The zero-order valence-electron chi connectivity index (χ0n) is 11.3. The van der Waals surface area contributed by atoms with Crippen LogP contribution in [0.25, 0.3) is 0 Å². The molecule has 0 amide bonds. The van der Waals surface area contributed by atoms with Gasteiger partial charge in [-0.25, -0.2) is 0 Å². The Bertz CT molecular complexity index is 639. The third kappa shape index (κ3) is 3.43. The van der Waals surface area contributed by atoms with Gasteiger partial charge in [-0.15, -0.1) is 0 Å². The number of benzene rings is 1. The molecule has 0 radical (unpaired) electrons. The number of aromatic nitrogens is 2. The fraction of sp³-hybridized carbons (Fsp3) is 0.308. The van der Waals surface area contributed by atoms with E-state index < -0.39 is 4.92 Å². The number of nitrogens with one attached hydrogen (secondary N) is 1. The summed E-state index contributed by atoms with van der Waals surface area (Å²) in [5.74, 6) is 0. The molecule has 0 atom stereocenters. The Hall–Kier alpha value is -1.73. The van der Waals surface area contributed by atoms with Gasteiger partial charge in [-0.1, -0.05) is 15.9 Å². The number of hydrogen-bond donors (Lipinski definition) is 1. The van der Waals surface area contributed by atoms with Gasteiger partial charge < -0.3 is 5.32 Å². The van der Waals surface area contributed by atoms with Gasteiger partial charge in [0.2, 0.25) is 0 Å². The first-order valence-electron chi connectivity index (χ1n) is 6.10. The first-order valence-corrected chi connectivity index (χ1v) is 6.89. The number of nitro benzene ring substituents is 1. The standard InChI is InChI=1S/C13H15BrN4O2/c1-9-11(8-17(2)16-9)7-15-6-10-3-4-12(18(19)20)5-13(10)14/h3-5,8,15H,6-7H2,1-2H3. The van der Waals surface area contributed by atoms with Gasteiger partial charge in [0.1, 0.15) is 0 Å². The van der Waals surface area contributed by atoms with E-state index in [-0.39, 0.29) is 5.69 Å². The molecule has 2 rings (SSSR count). The Labute approximate surface area is 125 Å². The Morgan fingerprint density at radius 2 is 2.10 bits per heavy atom. The second kappa shape index (κ2) is 6.15. The number of nitrogens with zero attached hydrogens (tertiary/aromatic N) is 3. The van der Waals surface area contributed by atoms with Gasteiger partial charge in [0, 0.05) is 48.5 Å². The van der Waals surface area contributed by atoms with Gasteiger partial charge in [-0.3, -0.25) is 14.8 Å². The molecule has 0 bridgehead atoms. The van der Waals surface area contributed by atoms with Crippen LogP contribution in [0.2, 0.25) is 0 Å². The van der Waals surface area contributed by atoms with E-state index in [0.717, 1.165) is 21.3 Å². The lowest BCUT2D eigenvalue weighted by atomic mass is 10.2. The molecule has 0 unspecified atom stereocenters. The van der Waals surface area contributed by atoms with Crippen LogP contribution in [0, 0.1) is 17.0 Å². The molecular weight excluding hydrogens is 324 g/mol. The number of halogens is 1. The molecule has 0 saturated heterocycles. The predicted octanol–water partition coefficient (Wildman–Crippen LogP) is 2.69. The summed E-state index contributed by atoms with van der Waals surface area (Å²) >= 11 is 3.36. The normalized spacial score (nSPS) is 10.8. The van der Waals surface area contributed by atoms with Crippen molar-refractivity contribution in [2.45, 2.75) is 20.0 Å². The second-order valence-electron chi connectivity index (χ2n) is 4.55. The molecule has 0 fully saturated rings. The molecule has 6 nitrogen and oxygen atoms in total. The molecule has 1 aromatic carbocycles. The van der Waals surface area contributed by atoms with E-state index in [1.54, 1.807) is 10.7 Å². The molecule has 0 spiro atoms. The van der Waals surface area contributed by atoms with Crippen LogP contribution < -0.4 is 5.32 Å². The van der Waals surface area contributed by atoms with E-state index in [0.29, 0.717) is 13.1 Å². The van der Waals surface area contributed by atoms with Gasteiger partial charge in [0.25, 0.3) is 5.69 Å². The van der Waals surface area contributed by atoms with Crippen molar-refractivity contribution in [2.24, 2.45) is 7.05 Å². The maximum Gasteiger partial charge on any atom is 0.270 e. The highest BCUT2D eigenvalue weighted by atomic mass is 79.9. The molecule has 7 heteroatoms. The molecule has 1 heterocycles. The Morgan fingerprint density at radius 1 is 1.40 bits per heavy atom. The highest BCUT2D eigenvalue weighted by Gasteiger charge is 2.09. The summed E-state index contributed by atoms with van der Waals surface area (Å²) in [6.45, 7) is 3.31. The maximum absolute atomic E-state index is 10.7. The third-order valence-electron chi connectivity index (χ3n) is 2.99. The quantitative estimate of drug-likeness (QED) is 0.671. The van der Waals surface area contributed by atoms with Crippen molar-refractivity contribution in [3.63, 3.8) is 0 Å². The Morgan fingerprint density at radius 3 is 2.65 bits per heavy atom. The minimum Gasteiger partial charge on any atom is -0.308 e. The first-order chi connectivity index (χ1) is 9.47. The first kappa shape index (κ1) is 14.7. The van der Waals surface area contributed by atoms with Crippen molar-refractivity contribution in [3.05, 3.63) is 55.8 Å². The molecule has 1 aromatic heterocycles. The van der Waals surface area contributed by atoms with E-state index in [4.69, 9.17) is 0 Å². The minimum absolute atomic E-state index is 0.0868. The van der Waals surface area contributed by atoms with Crippen molar-refractivity contribution < 1.29 is 4.92 Å². The molecule has 106 valence electrons. The summed E-state index contributed by atoms with van der Waals surface area (Å²) in [6, 6.07) is 4.79. The van der Waals surface area contributed by atoms with Crippen LogP contribution in [0.3, 0.4) is 0 Å². The van der Waals surface area contributed by atoms with Crippen molar-refractivity contribution in [1.29, 1.82) is 0 Å². The smallest absolute Gasteiger partial charge is 0.270 e. The largest absolute Gasteiger partial charge is 0.308 e. The second-order valence-corrected chi connectivity index (χ2v) is 5.40. The van der Waals surface area contributed by atoms with Crippen LogP contribution in [0.4, 0.5) is 5.69 Å². The van der Waals surface area contributed by atoms with Gasteiger partial charge in [-0.2, -0.15) is 5.10 Å². The van der Waals surface area contributed by atoms with Crippen molar-refractivity contribution in [1.82, 2.24) is 15.1 Å². The van der Waals surface area contributed by atoms with Crippen molar-refractivity contribution >= 4 is 21.6 Å². The lowest BCUT2D eigenvalue weighted by Crippen LogP contribution is -2.13. The summed E-state index contributed by atoms with van der Waals surface area (Å²) < 4.78 is 2.52. The number of non-ortho nitro benzene ring substituents is 1. The minimum atomic E-state index is -0.402. The fourth-order valence-corrected chi connectivity index (χ4v) is 2.45. The van der Waals surface area contributed by atoms with E-state index in [2.05, 4.69) is 26.3 Å². The summed E-state index contributed by atoms with van der Waals surface area (Å²) in [7, 11) is 1.89. The van der Waals surface area contributed by atoms with E-state index >= 15 is 0 Å². The average Bonchev–Trinajstić information content (AvgIpc) is 2.69. The SMILES string of the molecule is Cc1nn(C)cc1CNCc1ccc([N+](=O)[O-])cc1Br. The monoisotopic (exact) mass is 338 g/mol. The molecule has 20 heavy (non-hydrogen) atoms. The molecule has 0 aliphatic carbocycles. The third-order valence-corrected chi connectivity index (χ3v) is 3.73. The number of aryl methyl sites for hydroxylation is 2. The van der Waals surface area contributed by atoms with Crippen LogP contribution in [0.5, 0.6) is 0 Å². The molecular formula is C13H15BrN4O2. The highest BCUT2D eigenvalue weighted by Crippen LogP contribution is 2.22. The average molecular weight is 339 g/mol. The zero-order valence-corrected chi connectivity index (χ0v) is 12.8. The highest BCUT2D eigenvalue weighted by molar-refractivity contribution is 9.10. The van der Waals surface area contributed by atoms with E-state index in [1.807, 2.05) is 20.2 Å². The summed E-state index contributed by atoms with van der Waals surface area (Å²) in [5, 5.41) is 18.2. The molecule has 1 N–H and O–H groups in total. The van der Waals surface area contributed by atoms with Crippen LogP contribution in [0.15, 0.2) is 28.9 Å². The van der Waals surface area contributed by atoms with Gasteiger partial charge in [-0.05, 0) is 18.6 Å². The van der Waals surface area contributed by atoms with Gasteiger partial charge >= 0.3 is 0 Å². The lowest BCUT2D eigenvalue weighted by Gasteiger charge is -2.06. The van der Waals surface area contributed by atoms with Gasteiger partial charge in [0.15, 0.2) is 0 Å². The van der Waals surface area contributed by atoms with Crippen LogP contribution in [-0.4, -0.2) is 14.7 Å². The van der Waals surface area contributed by atoms with Crippen LogP contribution in [-0.2, 0) is 20.1 Å². The molecule has 0 saturated carbocycles. The summed E-state index contributed by atoms with van der Waals surface area (Å²) in [6.07, 6.45) is 1.98. The number of rotatable bonds is 5. The van der Waals surface area contributed by atoms with Crippen molar-refractivity contribution in [2.75, 3.05) is 0 Å². The van der Waals surface area contributed by atoms with Crippen LogP contribution >= 0.6 is 15.9 Å². The Balaban J connectivity index is 1.97. The molecule has 2 aromatic rings. The summed E-state index contributed by atoms with van der Waals surface area (Å²) in [4.78, 5) is 10.3.